The maximum Gasteiger partial charge on any atom is 0.251 e. The molecule has 20 heavy (non-hydrogen) atoms. The third-order valence-electron chi connectivity index (χ3n) is 2.75. The van der Waals surface area contributed by atoms with Gasteiger partial charge in [-0.05, 0) is 46.8 Å². The van der Waals surface area contributed by atoms with Crippen molar-refractivity contribution >= 4 is 5.91 Å². The molecule has 0 aliphatic heterocycles. The van der Waals surface area contributed by atoms with Crippen LogP contribution in [0.2, 0.25) is 0 Å². The van der Waals surface area contributed by atoms with Gasteiger partial charge in [-0.1, -0.05) is 0 Å². The molecule has 0 aliphatic rings. The zero-order chi connectivity index (χ0) is 13.8. The first kappa shape index (κ1) is 12.1. The van der Waals surface area contributed by atoms with Crippen LogP contribution in [0.1, 0.15) is 16.1 Å². The van der Waals surface area contributed by atoms with Crippen molar-refractivity contribution < 1.29 is 9.21 Å². The van der Waals surface area contributed by atoms with Crippen LogP contribution in [0.3, 0.4) is 0 Å². The van der Waals surface area contributed by atoms with Crippen LogP contribution in [0.5, 0.6) is 0 Å². The van der Waals surface area contributed by atoms with Crippen molar-refractivity contribution in [3.63, 3.8) is 0 Å². The van der Waals surface area contributed by atoms with E-state index in [2.05, 4.69) is 20.8 Å². The molecule has 2 aromatic heterocycles. The van der Waals surface area contributed by atoms with E-state index in [1.807, 2.05) is 0 Å². The first-order chi connectivity index (χ1) is 9.83. The van der Waals surface area contributed by atoms with Crippen LogP contribution in [0.25, 0.3) is 5.69 Å². The third-order valence-corrected chi connectivity index (χ3v) is 2.75. The van der Waals surface area contributed by atoms with Crippen molar-refractivity contribution in [1.29, 1.82) is 0 Å². The fourth-order valence-electron chi connectivity index (χ4n) is 1.73. The summed E-state index contributed by atoms with van der Waals surface area (Å²) in [4.78, 5) is 11.9. The topological polar surface area (TPSA) is 85.8 Å². The second-order valence-corrected chi connectivity index (χ2v) is 4.06. The van der Waals surface area contributed by atoms with Crippen molar-refractivity contribution in [3.8, 4) is 5.69 Å². The molecule has 0 unspecified atom stereocenters. The summed E-state index contributed by atoms with van der Waals surface area (Å²) in [5, 5.41) is 13.7. The number of furan rings is 1. The molecule has 1 N–H and O–H groups in total. The lowest BCUT2D eigenvalue weighted by atomic mass is 10.2. The lowest BCUT2D eigenvalue weighted by molar-refractivity contribution is 0.0948. The van der Waals surface area contributed by atoms with Gasteiger partial charge in [0.25, 0.3) is 5.91 Å². The quantitative estimate of drug-likeness (QED) is 0.768. The summed E-state index contributed by atoms with van der Waals surface area (Å²) in [6, 6.07) is 10.6. The molecule has 0 radical (unpaired) electrons. The van der Waals surface area contributed by atoms with E-state index in [1.165, 1.54) is 11.0 Å². The number of hydrogen-bond acceptors (Lipinski definition) is 5. The van der Waals surface area contributed by atoms with Crippen LogP contribution in [-0.2, 0) is 6.54 Å². The first-order valence-corrected chi connectivity index (χ1v) is 5.97. The minimum atomic E-state index is -0.162. The number of hydrogen-bond donors (Lipinski definition) is 1. The van der Waals surface area contributed by atoms with Gasteiger partial charge in [0.2, 0.25) is 0 Å². The van der Waals surface area contributed by atoms with E-state index in [0.29, 0.717) is 17.9 Å². The summed E-state index contributed by atoms with van der Waals surface area (Å²) in [5.74, 6) is 0.549. The number of carbonyl (C=O) groups is 1. The number of tetrazole rings is 1. The lowest BCUT2D eigenvalue weighted by Crippen LogP contribution is -2.22. The number of amides is 1. The van der Waals surface area contributed by atoms with E-state index in [-0.39, 0.29) is 5.91 Å². The Hall–Kier alpha value is -2.96. The molecule has 0 saturated carbocycles. The number of aromatic nitrogens is 4. The van der Waals surface area contributed by atoms with E-state index in [0.717, 1.165) is 5.69 Å². The van der Waals surface area contributed by atoms with Crippen molar-refractivity contribution in [2.45, 2.75) is 6.54 Å². The van der Waals surface area contributed by atoms with Crippen molar-refractivity contribution in [3.05, 3.63) is 60.3 Å². The fraction of sp³-hybridized carbons (Fsp3) is 0.0769. The van der Waals surface area contributed by atoms with Gasteiger partial charge in [0, 0.05) is 5.56 Å². The summed E-state index contributed by atoms with van der Waals surface area (Å²) in [6.45, 7) is 0.362. The molecule has 0 saturated heterocycles. The van der Waals surface area contributed by atoms with Crippen LogP contribution < -0.4 is 5.32 Å². The predicted molar refractivity (Wildman–Crippen MR) is 69.0 cm³/mol. The average Bonchev–Trinajstić information content (AvgIpc) is 3.18. The van der Waals surface area contributed by atoms with E-state index >= 15 is 0 Å². The van der Waals surface area contributed by atoms with Crippen LogP contribution in [-0.4, -0.2) is 26.1 Å². The average molecular weight is 269 g/mol. The number of carbonyl (C=O) groups excluding carboxylic acids is 1. The Bertz CT molecular complexity index is 674. The van der Waals surface area contributed by atoms with Gasteiger partial charge in [-0.15, -0.1) is 5.10 Å². The van der Waals surface area contributed by atoms with Crippen LogP contribution in [0.15, 0.2) is 53.4 Å². The highest BCUT2D eigenvalue weighted by Gasteiger charge is 2.06. The van der Waals surface area contributed by atoms with Crippen LogP contribution in [0.4, 0.5) is 0 Å². The molecule has 0 atom stereocenters. The molecule has 1 amide bonds. The third kappa shape index (κ3) is 2.56. The standard InChI is InChI=1S/C13H11N5O2/c19-13(14-8-12-2-1-7-20-12)10-3-5-11(6-4-10)18-9-15-16-17-18/h1-7,9H,8H2,(H,14,19). The van der Waals surface area contributed by atoms with Gasteiger partial charge in [0.1, 0.15) is 12.1 Å². The Balaban J connectivity index is 1.66. The summed E-state index contributed by atoms with van der Waals surface area (Å²) < 4.78 is 6.67. The number of benzene rings is 1. The van der Waals surface area contributed by atoms with E-state index in [1.54, 1.807) is 42.7 Å². The molecular formula is C13H11N5O2. The highest BCUT2D eigenvalue weighted by atomic mass is 16.3. The second kappa shape index (κ2) is 5.35. The van der Waals surface area contributed by atoms with E-state index in [4.69, 9.17) is 4.42 Å². The molecule has 7 nitrogen and oxygen atoms in total. The molecule has 0 bridgehead atoms. The van der Waals surface area contributed by atoms with Crippen LogP contribution in [0, 0.1) is 0 Å². The second-order valence-electron chi connectivity index (χ2n) is 4.06. The maximum atomic E-state index is 11.9. The number of rotatable bonds is 4. The monoisotopic (exact) mass is 269 g/mol. The molecule has 0 aliphatic carbocycles. The largest absolute Gasteiger partial charge is 0.467 e. The smallest absolute Gasteiger partial charge is 0.251 e. The normalized spacial score (nSPS) is 10.4. The van der Waals surface area contributed by atoms with Gasteiger partial charge in [-0.3, -0.25) is 4.79 Å². The summed E-state index contributed by atoms with van der Waals surface area (Å²) in [7, 11) is 0. The van der Waals surface area contributed by atoms with E-state index < -0.39 is 0 Å². The molecule has 0 spiro atoms. The van der Waals surface area contributed by atoms with Gasteiger partial charge in [0.05, 0.1) is 18.5 Å². The highest BCUT2D eigenvalue weighted by molar-refractivity contribution is 5.94. The van der Waals surface area contributed by atoms with Crippen LogP contribution >= 0.6 is 0 Å². The zero-order valence-electron chi connectivity index (χ0n) is 10.4. The van der Waals surface area contributed by atoms with Gasteiger partial charge < -0.3 is 9.73 Å². The Kier molecular flexibility index (Phi) is 3.24. The SMILES string of the molecule is O=C(NCc1ccco1)c1ccc(-n2cnnn2)cc1. The Morgan fingerprint density at radius 2 is 2.10 bits per heavy atom. The van der Waals surface area contributed by atoms with Gasteiger partial charge in [0.15, 0.2) is 0 Å². The number of nitrogens with zero attached hydrogens (tertiary/aromatic N) is 4. The molecule has 3 rings (SSSR count). The molecule has 3 aromatic rings. The first-order valence-electron chi connectivity index (χ1n) is 5.97. The Morgan fingerprint density at radius 1 is 1.25 bits per heavy atom. The maximum absolute atomic E-state index is 11.9. The Labute approximate surface area is 114 Å². The summed E-state index contributed by atoms with van der Waals surface area (Å²) in [6.07, 6.45) is 3.06. The number of nitrogens with one attached hydrogen (secondary N) is 1. The van der Waals surface area contributed by atoms with Gasteiger partial charge in [-0.25, -0.2) is 4.68 Å². The summed E-state index contributed by atoms with van der Waals surface area (Å²) >= 11 is 0. The molecule has 1 aromatic carbocycles. The minimum Gasteiger partial charge on any atom is -0.467 e. The Morgan fingerprint density at radius 3 is 2.75 bits per heavy atom. The van der Waals surface area contributed by atoms with Crippen molar-refractivity contribution in [2.24, 2.45) is 0 Å². The van der Waals surface area contributed by atoms with Crippen molar-refractivity contribution in [2.75, 3.05) is 0 Å². The highest BCUT2D eigenvalue weighted by Crippen LogP contribution is 2.08. The van der Waals surface area contributed by atoms with Gasteiger partial charge >= 0.3 is 0 Å². The van der Waals surface area contributed by atoms with E-state index in [9.17, 15) is 4.79 Å². The summed E-state index contributed by atoms with van der Waals surface area (Å²) in [5.41, 5.74) is 1.35. The molecule has 0 fully saturated rings. The fourth-order valence-corrected chi connectivity index (χ4v) is 1.73. The lowest BCUT2D eigenvalue weighted by Gasteiger charge is -2.04. The van der Waals surface area contributed by atoms with Gasteiger partial charge in [-0.2, -0.15) is 0 Å². The molecular weight excluding hydrogens is 258 g/mol. The molecule has 2 heterocycles. The molecule has 100 valence electrons. The van der Waals surface area contributed by atoms with Crippen molar-refractivity contribution in [1.82, 2.24) is 25.5 Å². The zero-order valence-corrected chi connectivity index (χ0v) is 10.4. The minimum absolute atomic E-state index is 0.162. The predicted octanol–water partition coefficient (Wildman–Crippen LogP) is 1.19. The molecule has 7 heteroatoms.